The lowest BCUT2D eigenvalue weighted by atomic mass is 9.98. The van der Waals surface area contributed by atoms with E-state index in [4.69, 9.17) is 0 Å². The fourth-order valence-corrected chi connectivity index (χ4v) is 1.50. The molecule has 0 fully saturated rings. The van der Waals surface area contributed by atoms with Gasteiger partial charge in [0.2, 0.25) is 0 Å². The first-order chi connectivity index (χ1) is 11.0. The largest absolute Gasteiger partial charge is 0.471 e. The standard InChI is InChI=1S/C13H8F11O/c1-7-4-2-3-5-8(7)25-13(23,24)12(21,22)11(19,20)10(17,18)9(15,16)6-14/h2-5H,1,6H2. The Balaban J connectivity index is 3.34. The van der Waals surface area contributed by atoms with Crippen LogP contribution in [0.2, 0.25) is 0 Å². The van der Waals surface area contributed by atoms with E-state index in [1.807, 2.05) is 0 Å². The van der Waals surface area contributed by atoms with Gasteiger partial charge in [-0.3, -0.25) is 0 Å². The zero-order valence-corrected chi connectivity index (χ0v) is 11.8. The Kier molecular flexibility index (Phi) is 5.28. The second-order valence-electron chi connectivity index (χ2n) is 4.79. The first-order valence-corrected chi connectivity index (χ1v) is 6.10. The minimum Gasteiger partial charge on any atom is -0.428 e. The monoisotopic (exact) mass is 389 g/mol. The van der Waals surface area contributed by atoms with Crippen LogP contribution < -0.4 is 4.74 Å². The highest BCUT2D eigenvalue weighted by atomic mass is 19.4. The van der Waals surface area contributed by atoms with E-state index in [-0.39, 0.29) is 0 Å². The van der Waals surface area contributed by atoms with Gasteiger partial charge in [0.05, 0.1) is 0 Å². The number of hydrogen-bond donors (Lipinski definition) is 0. The number of halogens is 11. The summed E-state index contributed by atoms with van der Waals surface area (Å²) in [6.07, 6.45) is -6.36. The molecule has 1 radical (unpaired) electrons. The summed E-state index contributed by atoms with van der Waals surface area (Å²) in [7, 11) is 0. The van der Waals surface area contributed by atoms with Crippen LogP contribution in [0.15, 0.2) is 24.3 Å². The minimum atomic E-state index is -7.37. The van der Waals surface area contributed by atoms with Crippen LogP contribution in [0.4, 0.5) is 48.3 Å². The Bertz CT molecular complexity index is 612. The molecule has 25 heavy (non-hydrogen) atoms. The molecule has 0 N–H and O–H groups in total. The first-order valence-electron chi connectivity index (χ1n) is 6.10. The smallest absolute Gasteiger partial charge is 0.428 e. The van der Waals surface area contributed by atoms with E-state index in [9.17, 15) is 48.3 Å². The summed E-state index contributed by atoms with van der Waals surface area (Å²) in [6, 6.07) is 3.59. The predicted octanol–water partition coefficient (Wildman–Crippen LogP) is 5.35. The molecule has 0 aromatic heterocycles. The van der Waals surface area contributed by atoms with Crippen LogP contribution in [0.1, 0.15) is 5.56 Å². The molecule has 1 nitrogen and oxygen atoms in total. The summed E-state index contributed by atoms with van der Waals surface area (Å²) in [5.74, 6) is -29.2. The number of ether oxygens (including phenoxy) is 1. The van der Waals surface area contributed by atoms with Gasteiger partial charge in [0.1, 0.15) is 5.75 Å². The molecule has 0 atom stereocenters. The molecule has 0 aliphatic carbocycles. The molecule has 0 saturated heterocycles. The van der Waals surface area contributed by atoms with Gasteiger partial charge in [0.25, 0.3) is 0 Å². The van der Waals surface area contributed by atoms with Gasteiger partial charge >= 0.3 is 29.8 Å². The summed E-state index contributed by atoms with van der Waals surface area (Å²) < 4.78 is 146. The molecule has 12 heteroatoms. The van der Waals surface area contributed by atoms with Crippen molar-refractivity contribution >= 4 is 0 Å². The first kappa shape index (κ1) is 21.3. The van der Waals surface area contributed by atoms with Crippen molar-refractivity contribution in [2.24, 2.45) is 0 Å². The van der Waals surface area contributed by atoms with Gasteiger partial charge in [0, 0.05) is 0 Å². The van der Waals surface area contributed by atoms with Crippen LogP contribution in [-0.2, 0) is 0 Å². The second-order valence-corrected chi connectivity index (χ2v) is 4.79. The number of para-hydroxylation sites is 1. The highest BCUT2D eigenvalue weighted by molar-refractivity contribution is 5.35. The van der Waals surface area contributed by atoms with E-state index in [1.165, 1.54) is 0 Å². The molecule has 0 heterocycles. The third kappa shape index (κ3) is 3.22. The fraction of sp³-hybridized carbons (Fsp3) is 0.462. The summed E-state index contributed by atoms with van der Waals surface area (Å²) in [4.78, 5) is 0. The molecular formula is C13H8F11O. The molecule has 1 aromatic rings. The van der Waals surface area contributed by atoms with Gasteiger partial charge in [-0.1, -0.05) is 18.2 Å². The average Bonchev–Trinajstić information content (AvgIpc) is 2.48. The van der Waals surface area contributed by atoms with Gasteiger partial charge in [0.15, 0.2) is 6.67 Å². The predicted molar refractivity (Wildman–Crippen MR) is 62.2 cm³/mol. The van der Waals surface area contributed by atoms with Crippen LogP contribution in [-0.4, -0.2) is 36.5 Å². The SMILES string of the molecule is [CH2]c1ccccc1OC(F)(F)C(F)(F)C(F)(F)C(F)(F)C(F)(F)CF. The molecule has 143 valence electrons. The number of hydrogen-bond acceptors (Lipinski definition) is 1. The van der Waals surface area contributed by atoms with Gasteiger partial charge in [-0.2, -0.15) is 43.9 Å². The van der Waals surface area contributed by atoms with E-state index in [0.29, 0.717) is 6.07 Å². The van der Waals surface area contributed by atoms with E-state index in [0.717, 1.165) is 18.2 Å². The van der Waals surface area contributed by atoms with Crippen LogP contribution >= 0.6 is 0 Å². The van der Waals surface area contributed by atoms with Crippen LogP contribution in [0.3, 0.4) is 0 Å². The lowest BCUT2D eigenvalue weighted by molar-refractivity contribution is -0.431. The fourth-order valence-electron chi connectivity index (χ4n) is 1.50. The van der Waals surface area contributed by atoms with Crippen molar-refractivity contribution in [2.45, 2.75) is 29.8 Å². The van der Waals surface area contributed by atoms with Crippen molar-refractivity contribution in [1.29, 1.82) is 0 Å². The number of alkyl halides is 11. The molecule has 0 aliphatic heterocycles. The summed E-state index contributed by atoms with van der Waals surface area (Å²) in [5, 5.41) is 0. The van der Waals surface area contributed by atoms with Crippen LogP contribution in [0.5, 0.6) is 5.75 Å². The molecule has 0 bridgehead atoms. The zero-order valence-electron chi connectivity index (χ0n) is 11.8. The maximum absolute atomic E-state index is 13.4. The Morgan fingerprint density at radius 3 is 1.68 bits per heavy atom. The topological polar surface area (TPSA) is 9.23 Å². The minimum absolute atomic E-state index is 0.512. The van der Waals surface area contributed by atoms with E-state index >= 15 is 0 Å². The Morgan fingerprint density at radius 1 is 0.760 bits per heavy atom. The normalized spacial score (nSPS) is 14.6. The Labute approximate surface area is 133 Å². The Morgan fingerprint density at radius 2 is 1.24 bits per heavy atom. The third-order valence-corrected chi connectivity index (χ3v) is 2.99. The molecule has 0 aliphatic rings. The highest BCUT2D eigenvalue weighted by Gasteiger charge is 2.87. The molecule has 0 amide bonds. The van der Waals surface area contributed by atoms with Crippen molar-refractivity contribution in [3.05, 3.63) is 36.8 Å². The lowest BCUT2D eigenvalue weighted by Gasteiger charge is -2.38. The summed E-state index contributed by atoms with van der Waals surface area (Å²) >= 11 is 0. The van der Waals surface area contributed by atoms with Crippen molar-refractivity contribution in [3.8, 4) is 5.75 Å². The number of rotatable bonds is 7. The lowest BCUT2D eigenvalue weighted by Crippen LogP contribution is -2.68. The zero-order chi connectivity index (χ0) is 19.9. The van der Waals surface area contributed by atoms with Gasteiger partial charge in [-0.25, -0.2) is 4.39 Å². The van der Waals surface area contributed by atoms with Gasteiger partial charge in [-0.15, -0.1) is 0 Å². The van der Waals surface area contributed by atoms with Crippen molar-refractivity contribution in [3.63, 3.8) is 0 Å². The summed E-state index contributed by atoms with van der Waals surface area (Å²) in [6.45, 7) is -0.445. The third-order valence-electron chi connectivity index (χ3n) is 2.99. The maximum atomic E-state index is 13.4. The summed E-state index contributed by atoms with van der Waals surface area (Å²) in [5.41, 5.74) is -0.512. The molecule has 0 saturated carbocycles. The average molecular weight is 389 g/mol. The second kappa shape index (κ2) is 6.20. The highest BCUT2D eigenvalue weighted by Crippen LogP contribution is 2.57. The molecule has 0 spiro atoms. The van der Waals surface area contributed by atoms with E-state index in [1.54, 1.807) is 0 Å². The number of benzene rings is 1. The van der Waals surface area contributed by atoms with Crippen LogP contribution in [0, 0.1) is 6.92 Å². The van der Waals surface area contributed by atoms with Crippen molar-refractivity contribution < 1.29 is 53.0 Å². The van der Waals surface area contributed by atoms with Crippen molar-refractivity contribution in [1.82, 2.24) is 0 Å². The Hall–Kier alpha value is -1.75. The molecule has 1 aromatic carbocycles. The van der Waals surface area contributed by atoms with Crippen molar-refractivity contribution in [2.75, 3.05) is 6.67 Å². The molecule has 0 unspecified atom stereocenters. The van der Waals surface area contributed by atoms with E-state index in [2.05, 4.69) is 11.7 Å². The maximum Gasteiger partial charge on any atom is 0.471 e. The quantitative estimate of drug-likeness (QED) is 0.572. The van der Waals surface area contributed by atoms with Gasteiger partial charge < -0.3 is 4.74 Å². The molecular weight excluding hydrogens is 381 g/mol. The van der Waals surface area contributed by atoms with E-state index < -0.39 is 47.8 Å². The van der Waals surface area contributed by atoms with Gasteiger partial charge in [-0.05, 0) is 18.6 Å². The molecule has 1 rings (SSSR count). The van der Waals surface area contributed by atoms with Crippen LogP contribution in [0.25, 0.3) is 0 Å².